The standard InChI is InChI=1S/C31H40F3NO3Si/c1-20-13-24-23-10-8-7-9-21(23)14-25(24)29(35(20)17-31(34)18-36-19-31)28-26(32)15-22(16-27(28)33)37-11-12-38-39(5,6)30(2,3)4/h7-10,15-16,20,29H,11-14,17-19H2,1-6H3/t20-,29+/m1/s1. The van der Waals surface area contributed by atoms with Crippen LogP contribution in [-0.4, -0.2) is 57.9 Å². The van der Waals surface area contributed by atoms with Gasteiger partial charge in [0.25, 0.3) is 0 Å². The Morgan fingerprint density at radius 3 is 2.36 bits per heavy atom. The molecule has 212 valence electrons. The second kappa shape index (κ2) is 10.4. The molecule has 4 nitrogen and oxygen atoms in total. The molecule has 0 N–H and O–H groups in total. The molecule has 0 unspecified atom stereocenters. The van der Waals surface area contributed by atoms with Crippen LogP contribution in [0.4, 0.5) is 13.2 Å². The highest BCUT2D eigenvalue weighted by atomic mass is 28.4. The van der Waals surface area contributed by atoms with Gasteiger partial charge in [-0.25, -0.2) is 13.2 Å². The first-order chi connectivity index (χ1) is 18.3. The van der Waals surface area contributed by atoms with Crippen molar-refractivity contribution < 1.29 is 27.1 Å². The molecule has 0 bridgehead atoms. The van der Waals surface area contributed by atoms with E-state index in [9.17, 15) is 0 Å². The largest absolute Gasteiger partial charge is 0.491 e. The zero-order chi connectivity index (χ0) is 28.2. The minimum Gasteiger partial charge on any atom is -0.491 e. The molecule has 2 heterocycles. The average Bonchev–Trinajstić information content (AvgIpc) is 3.19. The molecule has 2 aromatic carbocycles. The molecule has 8 heteroatoms. The summed E-state index contributed by atoms with van der Waals surface area (Å²) >= 11 is 0. The van der Waals surface area contributed by atoms with Crippen molar-refractivity contribution >= 4 is 13.9 Å². The van der Waals surface area contributed by atoms with Crippen LogP contribution in [0.25, 0.3) is 5.57 Å². The van der Waals surface area contributed by atoms with Gasteiger partial charge in [-0.15, -0.1) is 0 Å². The molecule has 2 aromatic rings. The molecule has 0 aromatic heterocycles. The highest BCUT2D eigenvalue weighted by Gasteiger charge is 2.47. The third-order valence-electron chi connectivity index (χ3n) is 8.97. The summed E-state index contributed by atoms with van der Waals surface area (Å²) in [6.45, 7) is 13.4. The van der Waals surface area contributed by atoms with Crippen LogP contribution in [0.1, 0.15) is 56.8 Å². The van der Waals surface area contributed by atoms with E-state index in [2.05, 4.69) is 46.0 Å². The van der Waals surface area contributed by atoms with Crippen LogP contribution in [0.2, 0.25) is 18.1 Å². The molecule has 39 heavy (non-hydrogen) atoms. The van der Waals surface area contributed by atoms with Crippen molar-refractivity contribution in [1.82, 2.24) is 4.90 Å². The van der Waals surface area contributed by atoms with Crippen molar-refractivity contribution in [2.45, 2.75) is 76.4 Å². The lowest BCUT2D eigenvalue weighted by atomic mass is 9.83. The van der Waals surface area contributed by atoms with Crippen molar-refractivity contribution in [3.8, 4) is 5.75 Å². The summed E-state index contributed by atoms with van der Waals surface area (Å²) in [7, 11) is -1.95. The fourth-order valence-electron chi connectivity index (χ4n) is 5.73. The highest BCUT2D eigenvalue weighted by molar-refractivity contribution is 6.74. The van der Waals surface area contributed by atoms with Crippen molar-refractivity contribution in [3.05, 3.63) is 70.3 Å². The van der Waals surface area contributed by atoms with Crippen molar-refractivity contribution in [1.29, 1.82) is 0 Å². The second-order valence-corrected chi connectivity index (χ2v) is 17.7. The number of alkyl halides is 1. The van der Waals surface area contributed by atoms with Gasteiger partial charge in [0.2, 0.25) is 0 Å². The fraction of sp³-hybridized carbons (Fsp3) is 0.548. The first-order valence-corrected chi connectivity index (χ1v) is 16.8. The minimum absolute atomic E-state index is 0.00373. The van der Waals surface area contributed by atoms with Crippen LogP contribution in [-0.2, 0) is 15.6 Å². The maximum Gasteiger partial charge on any atom is 0.192 e. The second-order valence-electron chi connectivity index (χ2n) is 12.9. The maximum absolute atomic E-state index is 15.9. The van der Waals surface area contributed by atoms with Gasteiger partial charge >= 0.3 is 0 Å². The Morgan fingerprint density at radius 1 is 1.08 bits per heavy atom. The Bertz CT molecular complexity index is 1240. The van der Waals surface area contributed by atoms with E-state index in [-0.39, 0.29) is 48.8 Å². The van der Waals surface area contributed by atoms with E-state index in [0.29, 0.717) is 19.4 Å². The predicted molar refractivity (Wildman–Crippen MR) is 150 cm³/mol. The molecule has 3 aliphatic rings. The number of fused-ring (bicyclic) bond motifs is 2. The Morgan fingerprint density at radius 2 is 1.74 bits per heavy atom. The Hall–Kier alpha value is -2.13. The summed E-state index contributed by atoms with van der Waals surface area (Å²) in [5.74, 6) is -1.23. The van der Waals surface area contributed by atoms with Crippen LogP contribution in [0.15, 0.2) is 42.0 Å². The third kappa shape index (κ3) is 5.45. The summed E-state index contributed by atoms with van der Waals surface area (Å²) in [5, 5.41) is 0.0626. The quantitative estimate of drug-likeness (QED) is 0.252. The number of halogens is 3. The molecule has 1 aliphatic carbocycles. The number of nitrogens with zero attached hydrogens (tertiary/aromatic N) is 1. The number of hydrogen-bond acceptors (Lipinski definition) is 4. The van der Waals surface area contributed by atoms with Crippen LogP contribution in [0, 0.1) is 11.6 Å². The van der Waals surface area contributed by atoms with E-state index in [1.807, 2.05) is 24.0 Å². The van der Waals surface area contributed by atoms with Gasteiger partial charge in [0.1, 0.15) is 24.0 Å². The smallest absolute Gasteiger partial charge is 0.192 e. The van der Waals surface area contributed by atoms with E-state index in [1.165, 1.54) is 12.1 Å². The van der Waals surface area contributed by atoms with Gasteiger partial charge in [-0.05, 0) is 60.2 Å². The zero-order valence-corrected chi connectivity index (χ0v) is 24.9. The van der Waals surface area contributed by atoms with E-state index in [4.69, 9.17) is 13.9 Å². The molecule has 2 aliphatic heterocycles. The summed E-state index contributed by atoms with van der Waals surface area (Å²) in [5.41, 5.74) is 2.79. The average molecular weight is 560 g/mol. The van der Waals surface area contributed by atoms with Crippen molar-refractivity contribution in [2.75, 3.05) is 33.0 Å². The van der Waals surface area contributed by atoms with Gasteiger partial charge in [0.05, 0.1) is 25.9 Å². The summed E-state index contributed by atoms with van der Waals surface area (Å²) < 4.78 is 64.1. The molecule has 0 spiro atoms. The van der Waals surface area contributed by atoms with Gasteiger partial charge in [0.15, 0.2) is 14.0 Å². The first-order valence-electron chi connectivity index (χ1n) is 13.9. The Balaban J connectivity index is 1.42. The van der Waals surface area contributed by atoms with Crippen molar-refractivity contribution in [2.24, 2.45) is 0 Å². The van der Waals surface area contributed by atoms with Gasteiger partial charge in [0, 0.05) is 30.3 Å². The third-order valence-corrected chi connectivity index (χ3v) is 13.5. The van der Waals surface area contributed by atoms with Gasteiger partial charge < -0.3 is 13.9 Å². The maximum atomic E-state index is 15.9. The summed E-state index contributed by atoms with van der Waals surface area (Å²) in [6, 6.07) is 9.80. The fourth-order valence-corrected chi connectivity index (χ4v) is 6.76. The molecule has 0 amide bonds. The molecule has 5 rings (SSSR count). The van der Waals surface area contributed by atoms with Gasteiger partial charge in [-0.3, -0.25) is 4.90 Å². The normalized spacial score (nSPS) is 22.9. The number of hydrogen-bond donors (Lipinski definition) is 0. The van der Waals surface area contributed by atoms with Crippen LogP contribution >= 0.6 is 0 Å². The molecule has 2 atom stereocenters. The van der Waals surface area contributed by atoms with Crippen LogP contribution < -0.4 is 4.74 Å². The first kappa shape index (κ1) is 28.4. The molecule has 0 radical (unpaired) electrons. The monoisotopic (exact) mass is 559 g/mol. The summed E-state index contributed by atoms with van der Waals surface area (Å²) in [6.07, 6.45) is 1.30. The molecular formula is C31H40F3NO3Si. The molecule has 0 saturated carbocycles. The van der Waals surface area contributed by atoms with Crippen molar-refractivity contribution in [3.63, 3.8) is 0 Å². The van der Waals surface area contributed by atoms with Gasteiger partial charge in [-0.2, -0.15) is 0 Å². The zero-order valence-electron chi connectivity index (χ0n) is 23.9. The highest BCUT2D eigenvalue weighted by Crippen LogP contribution is 2.50. The predicted octanol–water partition coefficient (Wildman–Crippen LogP) is 7.25. The number of ether oxygens (including phenoxy) is 2. The Labute approximate surface area is 231 Å². The minimum atomic E-state index is -1.95. The van der Waals surface area contributed by atoms with E-state index in [1.54, 1.807) is 0 Å². The lowest BCUT2D eigenvalue weighted by molar-refractivity contribution is -0.147. The van der Waals surface area contributed by atoms with E-state index >= 15 is 13.2 Å². The summed E-state index contributed by atoms with van der Waals surface area (Å²) in [4.78, 5) is 1.93. The number of rotatable bonds is 8. The molecule has 1 fully saturated rings. The Kier molecular flexibility index (Phi) is 7.55. The van der Waals surface area contributed by atoms with E-state index < -0.39 is 31.7 Å². The lowest BCUT2D eigenvalue weighted by Crippen LogP contribution is -2.57. The topological polar surface area (TPSA) is 30.9 Å². The SMILES string of the molecule is C[C@@H]1CC2=C(Cc3ccccc32)[C@@H](c2c(F)cc(OCCO[Si](C)(C)C(C)(C)C)cc2F)N1CC1(F)COC1. The van der Waals surface area contributed by atoms with Gasteiger partial charge in [-0.1, -0.05) is 45.0 Å². The number of benzene rings is 2. The van der Waals surface area contributed by atoms with E-state index in [0.717, 1.165) is 22.3 Å². The lowest BCUT2D eigenvalue weighted by Gasteiger charge is -2.47. The molecular weight excluding hydrogens is 519 g/mol. The van der Waals surface area contributed by atoms with Crippen LogP contribution in [0.5, 0.6) is 5.75 Å². The van der Waals surface area contributed by atoms with Crippen LogP contribution in [0.3, 0.4) is 0 Å². The molecule has 1 saturated heterocycles.